The van der Waals surface area contributed by atoms with Crippen LogP contribution in [0.4, 0.5) is 16.5 Å². The SMILES string of the molecule is O=C(Cc1csc(NC(=O)c2ccccc2)n1)Nc1ccccc1N1CCCC1=O. The summed E-state index contributed by atoms with van der Waals surface area (Å²) in [4.78, 5) is 42.9. The van der Waals surface area contributed by atoms with E-state index in [2.05, 4.69) is 15.6 Å². The van der Waals surface area contributed by atoms with Crippen LogP contribution in [0.25, 0.3) is 0 Å². The van der Waals surface area contributed by atoms with Gasteiger partial charge in [0.05, 0.1) is 23.5 Å². The number of rotatable bonds is 6. The van der Waals surface area contributed by atoms with E-state index in [-0.39, 0.29) is 24.1 Å². The molecule has 7 nitrogen and oxygen atoms in total. The number of hydrogen-bond donors (Lipinski definition) is 2. The summed E-state index contributed by atoms with van der Waals surface area (Å²) in [7, 11) is 0. The summed E-state index contributed by atoms with van der Waals surface area (Å²) in [6.45, 7) is 0.655. The molecule has 0 aliphatic carbocycles. The molecule has 0 radical (unpaired) electrons. The van der Waals surface area contributed by atoms with Crippen molar-refractivity contribution in [1.82, 2.24) is 4.98 Å². The minimum atomic E-state index is -0.245. The van der Waals surface area contributed by atoms with Crippen molar-refractivity contribution in [3.8, 4) is 0 Å². The second-order valence-electron chi connectivity index (χ2n) is 6.86. The normalized spacial score (nSPS) is 13.3. The fraction of sp³-hybridized carbons (Fsp3) is 0.182. The Morgan fingerprint density at radius 3 is 2.57 bits per heavy atom. The van der Waals surface area contributed by atoms with E-state index in [0.29, 0.717) is 40.7 Å². The van der Waals surface area contributed by atoms with Crippen LogP contribution < -0.4 is 15.5 Å². The first-order valence-electron chi connectivity index (χ1n) is 9.60. The van der Waals surface area contributed by atoms with Crippen molar-refractivity contribution in [1.29, 1.82) is 0 Å². The number of amides is 3. The molecule has 3 aromatic rings. The third kappa shape index (κ3) is 4.55. The van der Waals surface area contributed by atoms with Gasteiger partial charge >= 0.3 is 0 Å². The zero-order chi connectivity index (χ0) is 20.9. The van der Waals surface area contributed by atoms with Crippen LogP contribution in [0.1, 0.15) is 28.9 Å². The van der Waals surface area contributed by atoms with Gasteiger partial charge in [-0.25, -0.2) is 4.98 Å². The second-order valence-corrected chi connectivity index (χ2v) is 7.71. The van der Waals surface area contributed by atoms with Gasteiger partial charge in [0.2, 0.25) is 11.8 Å². The number of carbonyl (C=O) groups is 3. The fourth-order valence-electron chi connectivity index (χ4n) is 3.28. The molecule has 2 heterocycles. The number of aromatic nitrogens is 1. The van der Waals surface area contributed by atoms with Crippen molar-refractivity contribution >= 4 is 45.6 Å². The van der Waals surface area contributed by atoms with Crippen molar-refractivity contribution < 1.29 is 14.4 Å². The van der Waals surface area contributed by atoms with Gasteiger partial charge < -0.3 is 10.2 Å². The molecule has 1 aliphatic rings. The highest BCUT2D eigenvalue weighted by Gasteiger charge is 2.24. The minimum Gasteiger partial charge on any atom is -0.324 e. The largest absolute Gasteiger partial charge is 0.324 e. The first kappa shape index (κ1) is 19.8. The van der Waals surface area contributed by atoms with Crippen molar-refractivity contribution in [2.45, 2.75) is 19.3 Å². The number of hydrogen-bond acceptors (Lipinski definition) is 5. The van der Waals surface area contributed by atoms with E-state index in [9.17, 15) is 14.4 Å². The van der Waals surface area contributed by atoms with Crippen LogP contribution >= 0.6 is 11.3 Å². The predicted molar refractivity (Wildman–Crippen MR) is 117 cm³/mol. The van der Waals surface area contributed by atoms with E-state index in [1.165, 1.54) is 11.3 Å². The second kappa shape index (κ2) is 8.87. The average Bonchev–Trinajstić information content (AvgIpc) is 3.37. The first-order chi connectivity index (χ1) is 14.6. The molecular weight excluding hydrogens is 400 g/mol. The molecule has 152 valence electrons. The highest BCUT2D eigenvalue weighted by Crippen LogP contribution is 2.29. The van der Waals surface area contributed by atoms with Crippen LogP contribution in [0.15, 0.2) is 60.0 Å². The highest BCUT2D eigenvalue weighted by atomic mass is 32.1. The molecule has 0 atom stereocenters. The van der Waals surface area contributed by atoms with Gasteiger partial charge in [0.25, 0.3) is 5.91 Å². The Bertz CT molecular complexity index is 1080. The molecule has 0 spiro atoms. The maximum Gasteiger partial charge on any atom is 0.257 e. The summed E-state index contributed by atoms with van der Waals surface area (Å²) in [6.07, 6.45) is 1.41. The Morgan fingerprint density at radius 1 is 1.03 bits per heavy atom. The van der Waals surface area contributed by atoms with E-state index in [4.69, 9.17) is 0 Å². The monoisotopic (exact) mass is 420 g/mol. The zero-order valence-electron chi connectivity index (χ0n) is 16.1. The molecule has 0 saturated carbocycles. The third-order valence-corrected chi connectivity index (χ3v) is 5.50. The maximum atomic E-state index is 12.5. The van der Waals surface area contributed by atoms with E-state index < -0.39 is 0 Å². The smallest absolute Gasteiger partial charge is 0.257 e. The van der Waals surface area contributed by atoms with Crippen LogP contribution in [0.2, 0.25) is 0 Å². The molecule has 30 heavy (non-hydrogen) atoms. The lowest BCUT2D eigenvalue weighted by Crippen LogP contribution is -2.26. The van der Waals surface area contributed by atoms with Crippen LogP contribution in [0.5, 0.6) is 0 Å². The molecule has 3 amide bonds. The van der Waals surface area contributed by atoms with Gasteiger partial charge in [-0.15, -0.1) is 11.3 Å². The van der Waals surface area contributed by atoms with E-state index >= 15 is 0 Å². The van der Waals surface area contributed by atoms with Crippen molar-refractivity contribution in [2.24, 2.45) is 0 Å². The molecule has 1 aliphatic heterocycles. The molecule has 8 heteroatoms. The lowest BCUT2D eigenvalue weighted by Gasteiger charge is -2.19. The summed E-state index contributed by atoms with van der Waals surface area (Å²) in [5, 5.41) is 7.81. The van der Waals surface area contributed by atoms with Crippen LogP contribution in [-0.4, -0.2) is 29.3 Å². The lowest BCUT2D eigenvalue weighted by molar-refractivity contribution is -0.117. The van der Waals surface area contributed by atoms with Crippen LogP contribution in [0, 0.1) is 0 Å². The first-order valence-corrected chi connectivity index (χ1v) is 10.5. The summed E-state index contributed by atoms with van der Waals surface area (Å²) >= 11 is 1.27. The number of anilines is 3. The maximum absolute atomic E-state index is 12.5. The van der Waals surface area contributed by atoms with Gasteiger partial charge in [0.1, 0.15) is 0 Å². The Morgan fingerprint density at radius 2 is 1.80 bits per heavy atom. The number of nitrogens with zero attached hydrogens (tertiary/aromatic N) is 2. The van der Waals surface area contributed by atoms with Gasteiger partial charge in [-0.2, -0.15) is 0 Å². The number of thiazole rings is 1. The Kier molecular flexibility index (Phi) is 5.85. The van der Waals surface area contributed by atoms with Gasteiger partial charge in [0.15, 0.2) is 5.13 Å². The quantitative estimate of drug-likeness (QED) is 0.636. The summed E-state index contributed by atoms with van der Waals surface area (Å²) in [5.41, 5.74) is 2.42. The molecule has 0 bridgehead atoms. The number of benzene rings is 2. The van der Waals surface area contributed by atoms with Crippen molar-refractivity contribution in [3.63, 3.8) is 0 Å². The summed E-state index contributed by atoms with van der Waals surface area (Å²) in [6, 6.07) is 16.2. The molecule has 0 unspecified atom stereocenters. The highest BCUT2D eigenvalue weighted by molar-refractivity contribution is 7.14. The molecule has 1 saturated heterocycles. The topological polar surface area (TPSA) is 91.4 Å². The standard InChI is InChI=1S/C22H20N4O3S/c27-19(24-17-9-4-5-10-18(17)26-12-6-11-20(26)28)13-16-14-30-22(23-16)25-21(29)15-7-2-1-3-8-15/h1-5,7-10,14H,6,11-13H2,(H,24,27)(H,23,25,29). The molecule has 4 rings (SSSR count). The average molecular weight is 420 g/mol. The molecule has 2 N–H and O–H groups in total. The van der Waals surface area contributed by atoms with Crippen LogP contribution in [0.3, 0.4) is 0 Å². The predicted octanol–water partition coefficient (Wildman–Crippen LogP) is 3.70. The van der Waals surface area contributed by atoms with Gasteiger partial charge in [-0.05, 0) is 30.7 Å². The number of para-hydroxylation sites is 2. The lowest BCUT2D eigenvalue weighted by atomic mass is 10.2. The third-order valence-electron chi connectivity index (χ3n) is 4.69. The Hall–Kier alpha value is -3.52. The molecule has 1 aromatic heterocycles. The summed E-state index contributed by atoms with van der Waals surface area (Å²) < 4.78 is 0. The van der Waals surface area contributed by atoms with Gasteiger partial charge in [0, 0.05) is 23.9 Å². The van der Waals surface area contributed by atoms with Crippen molar-refractivity contribution in [2.75, 3.05) is 22.1 Å². The number of carbonyl (C=O) groups excluding carboxylic acids is 3. The fourth-order valence-corrected chi connectivity index (χ4v) is 3.99. The van der Waals surface area contributed by atoms with Crippen LogP contribution in [-0.2, 0) is 16.0 Å². The van der Waals surface area contributed by atoms with E-state index in [1.54, 1.807) is 40.6 Å². The van der Waals surface area contributed by atoms with Gasteiger partial charge in [-0.1, -0.05) is 30.3 Å². The number of nitrogens with one attached hydrogen (secondary N) is 2. The van der Waals surface area contributed by atoms with Gasteiger partial charge in [-0.3, -0.25) is 19.7 Å². The van der Waals surface area contributed by atoms with E-state index in [0.717, 1.165) is 6.42 Å². The molecular formula is C22H20N4O3S. The Labute approximate surface area is 177 Å². The molecule has 2 aromatic carbocycles. The zero-order valence-corrected chi connectivity index (χ0v) is 16.9. The minimum absolute atomic E-state index is 0.0648. The molecule has 1 fully saturated rings. The summed E-state index contributed by atoms with van der Waals surface area (Å²) in [5.74, 6) is -0.416. The van der Waals surface area contributed by atoms with Crippen molar-refractivity contribution in [3.05, 3.63) is 71.2 Å². The Balaban J connectivity index is 1.39. The van der Waals surface area contributed by atoms with E-state index in [1.807, 2.05) is 24.3 Å².